The number of rotatable bonds is 0. The molecule has 0 aliphatic carbocycles. The zero-order valence-corrected chi connectivity index (χ0v) is 7.58. The molecule has 0 unspecified atom stereocenters. The predicted octanol–water partition coefficient (Wildman–Crippen LogP) is 1.18. The van der Waals surface area contributed by atoms with Crippen molar-refractivity contribution >= 4 is 17.3 Å². The summed E-state index contributed by atoms with van der Waals surface area (Å²) in [4.78, 5) is 13.0. The van der Waals surface area contributed by atoms with Crippen LogP contribution in [-0.2, 0) is 11.2 Å². The Labute approximate surface area is 77.1 Å². The van der Waals surface area contributed by atoms with E-state index in [0.717, 1.165) is 12.1 Å². The van der Waals surface area contributed by atoms with Gasteiger partial charge in [0.2, 0.25) is 5.91 Å². The maximum atomic E-state index is 11.4. The number of fused-ring (bicyclic) bond motifs is 1. The van der Waals surface area contributed by atoms with Crippen LogP contribution in [0.5, 0.6) is 0 Å². The molecular formula is C10H12N2O. The number of para-hydroxylation sites is 1. The van der Waals surface area contributed by atoms with Gasteiger partial charge < -0.3 is 10.6 Å². The molecule has 0 fully saturated rings. The first-order valence-electron chi connectivity index (χ1n) is 4.34. The van der Waals surface area contributed by atoms with E-state index in [-0.39, 0.29) is 5.91 Å². The number of aryl methyl sites for hydroxylation is 1. The van der Waals surface area contributed by atoms with Crippen LogP contribution in [0, 0.1) is 0 Å². The number of carbonyl (C=O) groups is 1. The highest BCUT2D eigenvalue weighted by Gasteiger charge is 2.22. The molecule has 1 aliphatic rings. The van der Waals surface area contributed by atoms with Gasteiger partial charge in [-0.25, -0.2) is 0 Å². The van der Waals surface area contributed by atoms with Crippen molar-refractivity contribution in [2.75, 3.05) is 17.7 Å². The minimum Gasteiger partial charge on any atom is -0.397 e. The number of carbonyl (C=O) groups excluding carboxylic acids is 1. The van der Waals surface area contributed by atoms with Crippen molar-refractivity contribution in [3.05, 3.63) is 23.8 Å². The van der Waals surface area contributed by atoms with E-state index in [1.165, 1.54) is 5.56 Å². The molecule has 1 amide bonds. The number of hydrogen-bond acceptors (Lipinski definition) is 2. The fourth-order valence-corrected chi connectivity index (χ4v) is 1.76. The first-order chi connectivity index (χ1) is 6.20. The van der Waals surface area contributed by atoms with E-state index in [4.69, 9.17) is 5.73 Å². The monoisotopic (exact) mass is 176 g/mol. The number of hydrogen-bond donors (Lipinski definition) is 1. The maximum Gasteiger partial charge on any atom is 0.227 e. The summed E-state index contributed by atoms with van der Waals surface area (Å²) in [7, 11) is 1.77. The second-order valence-corrected chi connectivity index (χ2v) is 3.31. The standard InChI is InChI=1S/C10H12N2O/c1-12-9(13)6-5-7-3-2-4-8(11)10(7)12/h2-4H,5-6,11H2,1H3. The smallest absolute Gasteiger partial charge is 0.227 e. The second kappa shape index (κ2) is 2.76. The van der Waals surface area contributed by atoms with E-state index in [1.54, 1.807) is 11.9 Å². The molecule has 1 aromatic rings. The molecule has 1 aliphatic heterocycles. The summed E-state index contributed by atoms with van der Waals surface area (Å²) in [5, 5.41) is 0. The van der Waals surface area contributed by atoms with Crippen LogP contribution in [0.3, 0.4) is 0 Å². The van der Waals surface area contributed by atoms with Gasteiger partial charge in [-0.2, -0.15) is 0 Å². The van der Waals surface area contributed by atoms with Crippen molar-refractivity contribution in [2.45, 2.75) is 12.8 Å². The molecule has 1 heterocycles. The highest BCUT2D eigenvalue weighted by Crippen LogP contribution is 2.31. The third-order valence-corrected chi connectivity index (χ3v) is 2.47. The summed E-state index contributed by atoms with van der Waals surface area (Å²) in [6.45, 7) is 0. The average molecular weight is 176 g/mol. The lowest BCUT2D eigenvalue weighted by molar-refractivity contribution is -0.118. The molecule has 0 saturated heterocycles. The predicted molar refractivity (Wildman–Crippen MR) is 52.6 cm³/mol. The summed E-state index contributed by atoms with van der Waals surface area (Å²) in [5.41, 5.74) is 8.54. The third-order valence-electron chi connectivity index (χ3n) is 2.47. The lowest BCUT2D eigenvalue weighted by Crippen LogP contribution is -2.31. The van der Waals surface area contributed by atoms with Gasteiger partial charge in [0, 0.05) is 13.5 Å². The highest BCUT2D eigenvalue weighted by molar-refractivity contribution is 5.99. The summed E-state index contributed by atoms with van der Waals surface area (Å²) >= 11 is 0. The first-order valence-corrected chi connectivity index (χ1v) is 4.34. The molecule has 3 heteroatoms. The van der Waals surface area contributed by atoms with Gasteiger partial charge in [0.05, 0.1) is 11.4 Å². The molecule has 1 aromatic carbocycles. The summed E-state index contributed by atoms with van der Waals surface area (Å²) in [6, 6.07) is 5.78. The molecule has 0 radical (unpaired) electrons. The van der Waals surface area contributed by atoms with Gasteiger partial charge in [0.15, 0.2) is 0 Å². The van der Waals surface area contributed by atoms with E-state index in [2.05, 4.69) is 0 Å². The lowest BCUT2D eigenvalue weighted by Gasteiger charge is -2.26. The van der Waals surface area contributed by atoms with Crippen LogP contribution >= 0.6 is 0 Å². The summed E-state index contributed by atoms with van der Waals surface area (Å²) in [5.74, 6) is 0.144. The summed E-state index contributed by atoms with van der Waals surface area (Å²) < 4.78 is 0. The fourth-order valence-electron chi connectivity index (χ4n) is 1.76. The minimum atomic E-state index is 0.144. The Morgan fingerprint density at radius 1 is 1.38 bits per heavy atom. The largest absolute Gasteiger partial charge is 0.397 e. The highest BCUT2D eigenvalue weighted by atomic mass is 16.2. The van der Waals surface area contributed by atoms with Crippen molar-refractivity contribution in [1.82, 2.24) is 0 Å². The Balaban J connectivity index is 2.57. The topological polar surface area (TPSA) is 46.3 Å². The van der Waals surface area contributed by atoms with Crippen LogP contribution < -0.4 is 10.6 Å². The third kappa shape index (κ3) is 1.16. The average Bonchev–Trinajstić information content (AvgIpc) is 2.12. The van der Waals surface area contributed by atoms with E-state index >= 15 is 0 Å². The van der Waals surface area contributed by atoms with Gasteiger partial charge in [-0.3, -0.25) is 4.79 Å². The van der Waals surface area contributed by atoms with Crippen LogP contribution in [0.4, 0.5) is 11.4 Å². The van der Waals surface area contributed by atoms with Crippen LogP contribution in [-0.4, -0.2) is 13.0 Å². The molecule has 3 nitrogen and oxygen atoms in total. The molecule has 68 valence electrons. The lowest BCUT2D eigenvalue weighted by atomic mass is 10.0. The molecular weight excluding hydrogens is 164 g/mol. The number of amides is 1. The van der Waals surface area contributed by atoms with E-state index < -0.39 is 0 Å². The number of anilines is 2. The van der Waals surface area contributed by atoms with Crippen molar-refractivity contribution < 1.29 is 4.79 Å². The molecule has 0 spiro atoms. The van der Waals surface area contributed by atoms with Crippen LogP contribution in [0.2, 0.25) is 0 Å². The number of nitrogen functional groups attached to an aromatic ring is 1. The first kappa shape index (κ1) is 8.10. The quantitative estimate of drug-likeness (QED) is 0.603. The summed E-state index contributed by atoms with van der Waals surface area (Å²) in [6.07, 6.45) is 1.40. The number of benzene rings is 1. The van der Waals surface area contributed by atoms with Gasteiger partial charge >= 0.3 is 0 Å². The van der Waals surface area contributed by atoms with Crippen molar-refractivity contribution in [1.29, 1.82) is 0 Å². The molecule has 2 N–H and O–H groups in total. The van der Waals surface area contributed by atoms with Crippen molar-refractivity contribution in [2.24, 2.45) is 0 Å². The molecule has 0 saturated carbocycles. The Hall–Kier alpha value is -1.51. The van der Waals surface area contributed by atoms with Gasteiger partial charge in [-0.15, -0.1) is 0 Å². The van der Waals surface area contributed by atoms with E-state index in [0.29, 0.717) is 12.1 Å². The van der Waals surface area contributed by atoms with E-state index in [9.17, 15) is 4.79 Å². The maximum absolute atomic E-state index is 11.4. The molecule has 2 rings (SSSR count). The van der Waals surface area contributed by atoms with Gasteiger partial charge in [-0.05, 0) is 18.1 Å². The Bertz CT molecular complexity index is 360. The molecule has 13 heavy (non-hydrogen) atoms. The van der Waals surface area contributed by atoms with Crippen molar-refractivity contribution in [3.63, 3.8) is 0 Å². The Morgan fingerprint density at radius 3 is 2.92 bits per heavy atom. The van der Waals surface area contributed by atoms with E-state index in [1.807, 2.05) is 18.2 Å². The normalized spacial score (nSPS) is 15.8. The SMILES string of the molecule is CN1C(=O)CCc2cccc(N)c21. The number of nitrogens with zero attached hydrogens (tertiary/aromatic N) is 1. The second-order valence-electron chi connectivity index (χ2n) is 3.31. The van der Waals surface area contributed by atoms with Gasteiger partial charge in [0.25, 0.3) is 0 Å². The number of nitrogens with two attached hydrogens (primary N) is 1. The van der Waals surface area contributed by atoms with Crippen LogP contribution in [0.25, 0.3) is 0 Å². The minimum absolute atomic E-state index is 0.144. The van der Waals surface area contributed by atoms with Gasteiger partial charge in [0.1, 0.15) is 0 Å². The van der Waals surface area contributed by atoms with Crippen LogP contribution in [0.1, 0.15) is 12.0 Å². The molecule has 0 bridgehead atoms. The van der Waals surface area contributed by atoms with Gasteiger partial charge in [-0.1, -0.05) is 12.1 Å². The zero-order valence-electron chi connectivity index (χ0n) is 7.58. The van der Waals surface area contributed by atoms with Crippen LogP contribution in [0.15, 0.2) is 18.2 Å². The zero-order chi connectivity index (χ0) is 9.42. The molecule has 0 atom stereocenters. The Kier molecular flexibility index (Phi) is 1.72. The fraction of sp³-hybridized carbons (Fsp3) is 0.300. The van der Waals surface area contributed by atoms with Crippen molar-refractivity contribution in [3.8, 4) is 0 Å². The molecule has 0 aromatic heterocycles. The Morgan fingerprint density at radius 2 is 2.15 bits per heavy atom.